The molecule has 0 aromatic carbocycles. The summed E-state index contributed by atoms with van der Waals surface area (Å²) in [6, 6.07) is 0. The number of phosphoric acid groups is 2. The minimum Gasteiger partial charge on any atom is -0.462 e. The lowest BCUT2D eigenvalue weighted by Gasteiger charge is -2.21. The number of carbonyl (C=O) groups excluding carboxylic acids is 4. The molecule has 0 fully saturated rings. The van der Waals surface area contributed by atoms with Gasteiger partial charge >= 0.3 is 39.5 Å². The summed E-state index contributed by atoms with van der Waals surface area (Å²) < 4.78 is 68.6. The molecule has 0 aromatic heterocycles. The number of rotatable bonds is 76. The van der Waals surface area contributed by atoms with E-state index >= 15 is 0 Å². The third-order valence-corrected chi connectivity index (χ3v) is 20.1. The van der Waals surface area contributed by atoms with Gasteiger partial charge in [-0.2, -0.15) is 0 Å². The number of phosphoric ester groups is 2. The van der Waals surface area contributed by atoms with Crippen molar-refractivity contribution in [2.45, 2.75) is 407 Å². The van der Waals surface area contributed by atoms with Crippen molar-refractivity contribution in [2.24, 2.45) is 11.8 Å². The van der Waals surface area contributed by atoms with Crippen molar-refractivity contribution in [3.05, 3.63) is 24.3 Å². The average Bonchev–Trinajstić information content (AvgIpc) is 0.951. The summed E-state index contributed by atoms with van der Waals surface area (Å²) in [6.07, 6.45) is 61.6. The quantitative estimate of drug-likeness (QED) is 0.0169. The van der Waals surface area contributed by atoms with E-state index in [1.165, 1.54) is 186 Å². The van der Waals surface area contributed by atoms with Crippen LogP contribution in [0.25, 0.3) is 0 Å². The highest BCUT2D eigenvalue weighted by Crippen LogP contribution is 2.45. The minimum absolute atomic E-state index is 0.101. The van der Waals surface area contributed by atoms with Crippen LogP contribution in [0.1, 0.15) is 388 Å². The molecule has 17 nitrogen and oxygen atoms in total. The molecule has 98 heavy (non-hydrogen) atoms. The van der Waals surface area contributed by atoms with Crippen LogP contribution in [0.5, 0.6) is 0 Å². The van der Waals surface area contributed by atoms with Crippen molar-refractivity contribution in [3.63, 3.8) is 0 Å². The fourth-order valence-electron chi connectivity index (χ4n) is 11.6. The smallest absolute Gasteiger partial charge is 0.462 e. The van der Waals surface area contributed by atoms with Crippen LogP contribution in [0, 0.1) is 11.8 Å². The second-order valence-corrected chi connectivity index (χ2v) is 31.4. The third-order valence-electron chi connectivity index (χ3n) is 18.2. The van der Waals surface area contributed by atoms with Crippen LogP contribution < -0.4 is 0 Å². The molecule has 0 aliphatic heterocycles. The Balaban J connectivity index is 5.29. The van der Waals surface area contributed by atoms with E-state index in [-0.39, 0.29) is 25.7 Å². The first kappa shape index (κ1) is 95.5. The summed E-state index contributed by atoms with van der Waals surface area (Å²) >= 11 is 0. The van der Waals surface area contributed by atoms with Gasteiger partial charge in [0.05, 0.1) is 26.4 Å². The molecule has 0 rings (SSSR count). The molecule has 0 saturated heterocycles. The Morgan fingerprint density at radius 3 is 0.918 bits per heavy atom. The Labute approximate surface area is 599 Å². The van der Waals surface area contributed by atoms with Gasteiger partial charge in [0, 0.05) is 25.7 Å². The summed E-state index contributed by atoms with van der Waals surface area (Å²) in [6.45, 7) is 9.60. The van der Waals surface area contributed by atoms with Crippen LogP contribution in [-0.4, -0.2) is 96.7 Å². The lowest BCUT2D eigenvalue weighted by molar-refractivity contribution is -0.161. The SMILES string of the molecule is CCCCCC/C=C\C=C/CCCCCCCC(=O)OC[C@H](COP(=O)(O)OC[C@@H](O)COP(=O)(O)OC[C@@H](COC(=O)CCCCCCCCCCCCC)OC(=O)CCCCCCCCCCCCCC(C)C)OC(=O)CCCCCCCCCCCCCCCCC(C)CC. The molecule has 0 spiro atoms. The van der Waals surface area contributed by atoms with Gasteiger partial charge in [0.25, 0.3) is 0 Å². The molecule has 0 bridgehead atoms. The van der Waals surface area contributed by atoms with Gasteiger partial charge in [-0.3, -0.25) is 37.3 Å². The van der Waals surface area contributed by atoms with Crippen molar-refractivity contribution < 1.29 is 80.2 Å². The van der Waals surface area contributed by atoms with E-state index in [4.69, 9.17) is 37.0 Å². The zero-order chi connectivity index (χ0) is 72.1. The number of aliphatic hydroxyl groups is 1. The van der Waals surface area contributed by atoms with Gasteiger partial charge in [-0.05, 0) is 63.2 Å². The number of ether oxygens (including phenoxy) is 4. The van der Waals surface area contributed by atoms with E-state index in [2.05, 4.69) is 65.8 Å². The van der Waals surface area contributed by atoms with Gasteiger partial charge in [-0.15, -0.1) is 0 Å². The highest BCUT2D eigenvalue weighted by Gasteiger charge is 2.30. The minimum atomic E-state index is -4.97. The summed E-state index contributed by atoms with van der Waals surface area (Å²) in [4.78, 5) is 72.9. The predicted molar refractivity (Wildman–Crippen MR) is 400 cm³/mol. The molecular formula is C79H150O17P2. The summed E-state index contributed by atoms with van der Waals surface area (Å²) in [5.74, 6) is -0.533. The maximum absolute atomic E-state index is 13.1. The Bertz CT molecular complexity index is 1990. The number of esters is 4. The van der Waals surface area contributed by atoms with Gasteiger partial charge < -0.3 is 33.8 Å². The van der Waals surface area contributed by atoms with E-state index in [1.54, 1.807) is 0 Å². The molecule has 0 heterocycles. The van der Waals surface area contributed by atoms with Gasteiger partial charge in [-0.25, -0.2) is 9.13 Å². The molecule has 6 atom stereocenters. The monoisotopic (exact) mass is 1430 g/mol. The average molecular weight is 1430 g/mol. The van der Waals surface area contributed by atoms with Crippen molar-refractivity contribution in [1.29, 1.82) is 0 Å². The number of allylic oxidation sites excluding steroid dienone is 4. The zero-order valence-electron chi connectivity index (χ0n) is 63.6. The van der Waals surface area contributed by atoms with E-state index in [0.717, 1.165) is 121 Å². The van der Waals surface area contributed by atoms with Crippen LogP contribution in [0.3, 0.4) is 0 Å². The van der Waals surface area contributed by atoms with Crippen LogP contribution in [-0.2, 0) is 65.4 Å². The molecule has 578 valence electrons. The highest BCUT2D eigenvalue weighted by molar-refractivity contribution is 7.47. The van der Waals surface area contributed by atoms with Crippen molar-refractivity contribution in [2.75, 3.05) is 39.6 Å². The maximum Gasteiger partial charge on any atom is 0.472 e. The van der Waals surface area contributed by atoms with Crippen molar-refractivity contribution >= 4 is 39.5 Å². The summed E-state index contributed by atoms with van der Waals surface area (Å²) in [5, 5.41) is 10.6. The van der Waals surface area contributed by atoms with Gasteiger partial charge in [0.1, 0.15) is 19.3 Å². The number of hydrogen-bond donors (Lipinski definition) is 3. The molecular weight excluding hydrogens is 1280 g/mol. The first-order valence-electron chi connectivity index (χ1n) is 40.3. The van der Waals surface area contributed by atoms with Gasteiger partial charge in [-0.1, -0.05) is 336 Å². The molecule has 0 aliphatic carbocycles. The largest absolute Gasteiger partial charge is 0.472 e. The summed E-state index contributed by atoms with van der Waals surface area (Å²) in [5.41, 5.74) is 0. The van der Waals surface area contributed by atoms with Crippen LogP contribution in [0.2, 0.25) is 0 Å². The predicted octanol–water partition coefficient (Wildman–Crippen LogP) is 23.1. The topological polar surface area (TPSA) is 237 Å². The van der Waals surface area contributed by atoms with Gasteiger partial charge in [0.15, 0.2) is 12.2 Å². The van der Waals surface area contributed by atoms with E-state index < -0.39 is 97.5 Å². The van der Waals surface area contributed by atoms with Crippen LogP contribution in [0.4, 0.5) is 0 Å². The maximum atomic E-state index is 13.1. The third kappa shape index (κ3) is 70.6. The number of aliphatic hydroxyl groups excluding tert-OH is 1. The second-order valence-electron chi connectivity index (χ2n) is 28.5. The van der Waals surface area contributed by atoms with Crippen molar-refractivity contribution in [3.8, 4) is 0 Å². The molecule has 0 radical (unpaired) electrons. The highest BCUT2D eigenvalue weighted by atomic mass is 31.2. The first-order valence-corrected chi connectivity index (χ1v) is 43.3. The molecule has 0 amide bonds. The molecule has 0 saturated carbocycles. The standard InChI is InChI=1S/C79H150O17P2/c1-7-10-12-14-16-18-20-21-22-26-32-38-44-50-56-62-77(82)90-68-75(95-78(83)63-57-51-45-39-33-27-24-23-25-31-36-42-48-54-60-72(6)9-3)70-94-98(87,88)92-66-73(80)65-91-97(85,86)93-69-74(67-89-76(81)61-55-49-43-37-29-19-17-15-13-11-8-2)96-79(84)64-58-52-46-40-34-28-30-35-41-47-53-59-71(4)5/h18,20-22,71-75,80H,7-17,19,23-70H2,1-6H3,(H,85,86)(H,87,88)/b20-18-,22-21-/t72?,73-,74+,75+/m0/s1. The number of unbranched alkanes of at least 4 members (excludes halogenated alkanes) is 42. The molecule has 3 N–H and O–H groups in total. The Morgan fingerprint density at radius 1 is 0.337 bits per heavy atom. The zero-order valence-corrected chi connectivity index (χ0v) is 65.4. The van der Waals surface area contributed by atoms with E-state index in [9.17, 15) is 43.2 Å². The molecule has 0 aromatic rings. The lowest BCUT2D eigenvalue weighted by atomic mass is 9.99. The lowest BCUT2D eigenvalue weighted by Crippen LogP contribution is -2.30. The van der Waals surface area contributed by atoms with E-state index in [1.807, 2.05) is 0 Å². The van der Waals surface area contributed by atoms with Crippen LogP contribution >= 0.6 is 15.6 Å². The summed E-state index contributed by atoms with van der Waals surface area (Å²) in [7, 11) is -9.93. The molecule has 19 heteroatoms. The Kier molecular flexibility index (Phi) is 68.5. The van der Waals surface area contributed by atoms with Crippen LogP contribution in [0.15, 0.2) is 24.3 Å². The Hall–Kier alpha value is -2.46. The van der Waals surface area contributed by atoms with E-state index in [0.29, 0.717) is 25.7 Å². The molecule has 0 aliphatic rings. The first-order chi connectivity index (χ1) is 47.4. The number of carbonyl (C=O) groups is 4. The fourth-order valence-corrected chi connectivity index (χ4v) is 13.2. The second kappa shape index (κ2) is 70.2. The molecule has 3 unspecified atom stereocenters. The van der Waals surface area contributed by atoms with Gasteiger partial charge in [0.2, 0.25) is 0 Å². The normalized spacial score (nSPS) is 14.4. The Morgan fingerprint density at radius 2 is 0.602 bits per heavy atom. The fraction of sp³-hybridized carbons (Fsp3) is 0.899. The number of hydrogen-bond acceptors (Lipinski definition) is 15. The van der Waals surface area contributed by atoms with Crippen molar-refractivity contribution in [1.82, 2.24) is 0 Å².